The van der Waals surface area contributed by atoms with Gasteiger partial charge in [0, 0.05) is 12.1 Å². The second-order valence-electron chi connectivity index (χ2n) is 2.14. The molecule has 0 bridgehead atoms. The highest BCUT2D eigenvalue weighted by molar-refractivity contribution is 5.88. The van der Waals surface area contributed by atoms with Gasteiger partial charge in [-0.15, -0.1) is 0 Å². The van der Waals surface area contributed by atoms with Gasteiger partial charge in [-0.05, 0) is 13.0 Å². The lowest BCUT2D eigenvalue weighted by molar-refractivity contribution is -0.132. The first-order valence-corrected chi connectivity index (χ1v) is 3.38. The second kappa shape index (κ2) is 5.12. The van der Waals surface area contributed by atoms with Crippen LogP contribution in [0.2, 0.25) is 0 Å². The van der Waals surface area contributed by atoms with E-state index in [-0.39, 0.29) is 18.0 Å². The van der Waals surface area contributed by atoms with E-state index in [9.17, 15) is 9.59 Å². The van der Waals surface area contributed by atoms with E-state index in [1.54, 1.807) is 0 Å². The van der Waals surface area contributed by atoms with Gasteiger partial charge in [-0.3, -0.25) is 4.79 Å². The van der Waals surface area contributed by atoms with Crippen molar-refractivity contribution in [3.05, 3.63) is 24.3 Å². The fourth-order valence-corrected chi connectivity index (χ4v) is 0.464. The van der Waals surface area contributed by atoms with E-state index in [1.807, 2.05) is 0 Å². The van der Waals surface area contributed by atoms with Crippen LogP contribution in [0, 0.1) is 0 Å². The summed E-state index contributed by atoms with van der Waals surface area (Å²) in [5, 5.41) is 10.8. The number of carbonyl (C=O) groups excluding carboxylic acids is 1. The largest absolute Gasteiger partial charge is 0.478 e. The number of hydrogen-bond donors (Lipinski definition) is 2. The van der Waals surface area contributed by atoms with Gasteiger partial charge in [0.15, 0.2) is 0 Å². The summed E-state index contributed by atoms with van der Waals surface area (Å²) in [4.78, 5) is 20.8. The molecular formula is C8H11NO3. The molecule has 0 aliphatic heterocycles. The minimum atomic E-state index is -0.983. The first-order chi connectivity index (χ1) is 5.57. The van der Waals surface area contributed by atoms with Gasteiger partial charge in [-0.2, -0.15) is 0 Å². The highest BCUT2D eigenvalue weighted by atomic mass is 16.4. The molecule has 12 heavy (non-hydrogen) atoms. The number of carboxylic acid groups (broad SMARTS) is 1. The van der Waals surface area contributed by atoms with Crippen LogP contribution in [-0.2, 0) is 9.59 Å². The van der Waals surface area contributed by atoms with Gasteiger partial charge >= 0.3 is 5.97 Å². The minimum absolute atomic E-state index is 0.208. The predicted octanol–water partition coefficient (Wildman–Crippen LogP) is 0.319. The Balaban J connectivity index is 3.82. The van der Waals surface area contributed by atoms with Crippen LogP contribution in [0.4, 0.5) is 0 Å². The fourth-order valence-electron chi connectivity index (χ4n) is 0.464. The summed E-state index contributed by atoms with van der Waals surface area (Å²) in [6, 6.07) is 0. The molecule has 0 spiro atoms. The van der Waals surface area contributed by atoms with Gasteiger partial charge in [-0.1, -0.05) is 12.7 Å². The standard InChI is InChI=1S/C8H11NO3/c1-3-7(10)9-5-4-6(2)8(11)12/h3-4H,1,5H2,2H3,(H,9,10)(H,11,12). The normalized spacial score (nSPS) is 10.6. The molecule has 2 N–H and O–H groups in total. The molecule has 1 amide bonds. The molecule has 0 fully saturated rings. The zero-order valence-corrected chi connectivity index (χ0v) is 6.83. The van der Waals surface area contributed by atoms with E-state index in [2.05, 4.69) is 11.9 Å². The van der Waals surface area contributed by atoms with Crippen molar-refractivity contribution in [2.75, 3.05) is 6.54 Å². The minimum Gasteiger partial charge on any atom is -0.478 e. The lowest BCUT2D eigenvalue weighted by atomic mass is 10.3. The maximum Gasteiger partial charge on any atom is 0.331 e. The van der Waals surface area contributed by atoms with Crippen LogP contribution < -0.4 is 5.32 Å². The molecular weight excluding hydrogens is 158 g/mol. The SMILES string of the molecule is C=CC(=O)NCC=C(C)C(=O)O. The fraction of sp³-hybridized carbons (Fsp3) is 0.250. The topological polar surface area (TPSA) is 66.4 Å². The molecule has 0 aromatic heterocycles. The number of amides is 1. The molecule has 0 saturated carbocycles. The lowest BCUT2D eigenvalue weighted by Gasteiger charge is -1.96. The third kappa shape index (κ3) is 4.27. The molecule has 0 atom stereocenters. The Morgan fingerprint density at radius 3 is 2.58 bits per heavy atom. The van der Waals surface area contributed by atoms with Crippen LogP contribution in [0.5, 0.6) is 0 Å². The number of rotatable bonds is 4. The summed E-state index contributed by atoms with van der Waals surface area (Å²) in [5.74, 6) is -1.30. The van der Waals surface area contributed by atoms with E-state index in [1.165, 1.54) is 13.0 Å². The van der Waals surface area contributed by atoms with Crippen molar-refractivity contribution in [1.29, 1.82) is 0 Å². The Labute approximate surface area is 70.6 Å². The van der Waals surface area contributed by atoms with Crippen molar-refractivity contribution in [1.82, 2.24) is 5.32 Å². The zero-order chi connectivity index (χ0) is 9.56. The molecule has 0 aliphatic carbocycles. The molecule has 0 aromatic carbocycles. The molecule has 0 aromatic rings. The van der Waals surface area contributed by atoms with E-state index in [0.717, 1.165) is 6.08 Å². The molecule has 4 nitrogen and oxygen atoms in total. The van der Waals surface area contributed by atoms with Gasteiger partial charge in [0.1, 0.15) is 0 Å². The Morgan fingerprint density at radius 1 is 1.58 bits per heavy atom. The van der Waals surface area contributed by atoms with E-state index >= 15 is 0 Å². The van der Waals surface area contributed by atoms with Crippen LogP contribution in [0.15, 0.2) is 24.3 Å². The molecule has 0 rings (SSSR count). The first-order valence-electron chi connectivity index (χ1n) is 3.38. The second-order valence-corrected chi connectivity index (χ2v) is 2.14. The summed E-state index contributed by atoms with van der Waals surface area (Å²) >= 11 is 0. The Bertz CT molecular complexity index is 230. The number of carboxylic acids is 1. The number of nitrogens with one attached hydrogen (secondary N) is 1. The summed E-state index contributed by atoms with van der Waals surface area (Å²) in [6.45, 7) is 4.92. The van der Waals surface area contributed by atoms with Gasteiger partial charge in [-0.25, -0.2) is 4.79 Å². The van der Waals surface area contributed by atoms with Crippen LogP contribution in [0.3, 0.4) is 0 Å². The van der Waals surface area contributed by atoms with E-state index in [0.29, 0.717) is 0 Å². The van der Waals surface area contributed by atoms with Gasteiger partial charge in [0.05, 0.1) is 0 Å². The Hall–Kier alpha value is -1.58. The zero-order valence-electron chi connectivity index (χ0n) is 6.83. The van der Waals surface area contributed by atoms with Crippen molar-refractivity contribution in [3.8, 4) is 0 Å². The molecule has 0 unspecified atom stereocenters. The Kier molecular flexibility index (Phi) is 4.45. The van der Waals surface area contributed by atoms with E-state index in [4.69, 9.17) is 5.11 Å². The molecule has 0 saturated heterocycles. The summed E-state index contributed by atoms with van der Waals surface area (Å²) in [5.41, 5.74) is 0.208. The van der Waals surface area contributed by atoms with Crippen molar-refractivity contribution in [2.45, 2.75) is 6.92 Å². The quantitative estimate of drug-likeness (QED) is 0.595. The molecule has 4 heteroatoms. The van der Waals surface area contributed by atoms with Crippen molar-refractivity contribution >= 4 is 11.9 Å². The Morgan fingerprint density at radius 2 is 2.17 bits per heavy atom. The van der Waals surface area contributed by atoms with Crippen molar-refractivity contribution in [3.63, 3.8) is 0 Å². The predicted molar refractivity (Wildman–Crippen MR) is 44.6 cm³/mol. The molecule has 0 aliphatic rings. The van der Waals surface area contributed by atoms with Crippen molar-refractivity contribution in [2.24, 2.45) is 0 Å². The monoisotopic (exact) mass is 169 g/mol. The van der Waals surface area contributed by atoms with E-state index < -0.39 is 5.97 Å². The van der Waals surface area contributed by atoms with Gasteiger partial charge < -0.3 is 10.4 Å². The maximum absolute atomic E-state index is 10.6. The summed E-state index contributed by atoms with van der Waals surface area (Å²) in [6.07, 6.45) is 2.55. The molecule has 0 heterocycles. The lowest BCUT2D eigenvalue weighted by Crippen LogP contribution is -2.21. The summed E-state index contributed by atoms with van der Waals surface area (Å²) < 4.78 is 0. The van der Waals surface area contributed by atoms with Crippen LogP contribution in [0.25, 0.3) is 0 Å². The summed E-state index contributed by atoms with van der Waals surface area (Å²) in [7, 11) is 0. The average molecular weight is 169 g/mol. The van der Waals surface area contributed by atoms with Crippen molar-refractivity contribution < 1.29 is 14.7 Å². The number of hydrogen-bond acceptors (Lipinski definition) is 2. The van der Waals surface area contributed by atoms with Gasteiger partial charge in [0.25, 0.3) is 0 Å². The first kappa shape index (κ1) is 10.4. The van der Waals surface area contributed by atoms with Crippen LogP contribution in [0.1, 0.15) is 6.92 Å². The van der Waals surface area contributed by atoms with Crippen LogP contribution in [-0.4, -0.2) is 23.5 Å². The highest BCUT2D eigenvalue weighted by Gasteiger charge is 1.97. The molecule has 66 valence electrons. The third-order valence-electron chi connectivity index (χ3n) is 1.21. The number of aliphatic carboxylic acids is 1. The maximum atomic E-state index is 10.6. The highest BCUT2D eigenvalue weighted by Crippen LogP contribution is 1.89. The molecule has 0 radical (unpaired) electrons. The van der Waals surface area contributed by atoms with Gasteiger partial charge in [0.2, 0.25) is 5.91 Å². The average Bonchev–Trinajstić information content (AvgIpc) is 2.03. The third-order valence-corrected chi connectivity index (χ3v) is 1.21. The van der Waals surface area contributed by atoms with Crippen LogP contribution >= 0.6 is 0 Å². The number of carbonyl (C=O) groups is 2. The smallest absolute Gasteiger partial charge is 0.331 e.